The molecule has 0 radical (unpaired) electrons. The van der Waals surface area contributed by atoms with E-state index in [-0.39, 0.29) is 0 Å². The van der Waals surface area contributed by atoms with Crippen LogP contribution in [0.25, 0.3) is 215 Å². The SMILES string of the molecule is CC(C)(C)OO[C@]12c3c4c5c6c7c8c9c%10c%11c%12c%13c%14c%15c%16c%17c%18c(c1c1c3c3c5c5c%19c6c9c6c9c%10c%13c%10c%13c%14c%17c%14c%17c%18c1c1c3c5c3c(c%196)c(c9%10)c(c%13%14)c3c1%17)[C@]%16(OOC(C)(C)C)[C@@]13O[C@@]1(C(=C([C@@]74O)[C@@]23OOC(C)(C)C)[C@]8%11O)[C@]%12%15OOC(C)(C)C. The van der Waals surface area contributed by atoms with Crippen LogP contribution in [0.1, 0.15) is 139 Å². The first-order chi connectivity index (χ1) is 41.5. The first-order valence-electron chi connectivity index (χ1n) is 31.7. The van der Waals surface area contributed by atoms with Gasteiger partial charge in [-0.25, -0.2) is 39.1 Å². The van der Waals surface area contributed by atoms with E-state index in [0.717, 1.165) is 109 Å². The zero-order chi connectivity index (χ0) is 56.4. The second kappa shape index (κ2) is 9.03. The van der Waals surface area contributed by atoms with Gasteiger partial charge in [-0.15, -0.1) is 0 Å². The minimum Gasteiger partial charge on any atom is -0.376 e. The van der Waals surface area contributed by atoms with Crippen molar-refractivity contribution in [2.45, 2.75) is 150 Å². The van der Waals surface area contributed by atoms with Crippen LogP contribution in [0.4, 0.5) is 0 Å². The third kappa shape index (κ3) is 2.42. The van der Waals surface area contributed by atoms with Crippen molar-refractivity contribution in [2.75, 3.05) is 0 Å². The van der Waals surface area contributed by atoms with Gasteiger partial charge in [0.05, 0.1) is 22.4 Å². The summed E-state index contributed by atoms with van der Waals surface area (Å²) in [7, 11) is 0. The molecule has 2 N–H and O–H groups in total. The largest absolute Gasteiger partial charge is 0.376 e. The quantitative estimate of drug-likeness (QED) is 0.0496. The van der Waals surface area contributed by atoms with Crippen LogP contribution in [0.15, 0.2) is 11.1 Å². The number of aliphatic hydroxyl groups is 2. The van der Waals surface area contributed by atoms with Crippen LogP contribution in [0.2, 0.25) is 0 Å². The monoisotopic (exact) mass is 1130 g/mol. The second-order valence-corrected chi connectivity index (χ2v) is 34.2. The van der Waals surface area contributed by atoms with Crippen molar-refractivity contribution in [3.63, 3.8) is 0 Å². The van der Waals surface area contributed by atoms with Crippen LogP contribution in [-0.4, -0.2) is 49.4 Å². The zero-order valence-corrected chi connectivity index (χ0v) is 48.6. The molecule has 11 heteroatoms. The van der Waals surface area contributed by atoms with Crippen LogP contribution in [0.3, 0.4) is 0 Å². The van der Waals surface area contributed by atoms with Crippen molar-refractivity contribution < 1.29 is 54.1 Å². The molecule has 33 rings (SSSR count). The molecule has 408 valence electrons. The Hall–Kier alpha value is -7.20. The molecule has 0 bridgehead atoms. The molecular weight excluding hydrogens is 1090 g/mol. The third-order valence-electron chi connectivity index (χ3n) is 27.1. The topological polar surface area (TPSA) is 127 Å². The lowest BCUT2D eigenvalue weighted by molar-refractivity contribution is -0.505. The maximum atomic E-state index is 16.5. The molecule has 11 aliphatic carbocycles. The average molecular weight is 1130 g/mol. The fourth-order valence-electron chi connectivity index (χ4n) is 27.0. The van der Waals surface area contributed by atoms with Crippen LogP contribution in [0, 0.1) is 0 Å². The van der Waals surface area contributed by atoms with E-state index in [1.807, 2.05) is 83.1 Å². The van der Waals surface area contributed by atoms with E-state index in [2.05, 4.69) is 0 Å². The number of hydrogen-bond acceptors (Lipinski definition) is 11. The summed E-state index contributed by atoms with van der Waals surface area (Å²) in [5.74, 6) is 0. The average Bonchev–Trinajstić information content (AvgIpc) is 1.35. The molecule has 8 atom stereocenters. The lowest BCUT2D eigenvalue weighted by atomic mass is 9.45. The predicted octanol–water partition coefficient (Wildman–Crippen LogP) is 16.0. The Morgan fingerprint density at radius 3 is 0.770 bits per heavy atom. The molecule has 1 saturated heterocycles. The maximum Gasteiger partial charge on any atom is 0.205 e. The van der Waals surface area contributed by atoms with Gasteiger partial charge in [-0.05, 0) is 299 Å². The van der Waals surface area contributed by atoms with Gasteiger partial charge in [0.25, 0.3) is 0 Å². The lowest BCUT2D eigenvalue weighted by Crippen LogP contribution is -2.79. The van der Waals surface area contributed by atoms with E-state index in [4.69, 9.17) is 43.8 Å². The summed E-state index contributed by atoms with van der Waals surface area (Å²) in [6, 6.07) is 0. The molecule has 0 saturated carbocycles. The normalized spacial score (nSPS) is 32.9. The highest BCUT2D eigenvalue weighted by atomic mass is 17.3. The molecule has 11 nitrogen and oxygen atoms in total. The number of hydrogen-bond donors (Lipinski definition) is 2. The van der Waals surface area contributed by atoms with Crippen molar-refractivity contribution in [1.29, 1.82) is 0 Å². The molecule has 0 amide bonds. The second-order valence-electron chi connectivity index (χ2n) is 34.2. The number of benzene rings is 15. The van der Waals surface area contributed by atoms with Gasteiger partial charge >= 0.3 is 0 Å². The van der Waals surface area contributed by atoms with Crippen molar-refractivity contribution in [1.82, 2.24) is 0 Å². The van der Waals surface area contributed by atoms with Crippen LogP contribution >= 0.6 is 0 Å². The fourth-order valence-corrected chi connectivity index (χ4v) is 27.0. The maximum absolute atomic E-state index is 16.5. The molecule has 1 fully saturated rings. The minimum absolute atomic E-state index is 0.456. The molecule has 21 aromatic rings. The highest BCUT2D eigenvalue weighted by Crippen LogP contribution is 3.00. The molecule has 2 spiro atoms. The fraction of sp³-hybridized carbons (Fsp3) is 0.316. The van der Waals surface area contributed by atoms with Gasteiger partial charge in [-0.3, -0.25) is 0 Å². The molecular formula is C76H38O11. The van der Waals surface area contributed by atoms with Crippen LogP contribution in [-0.2, 0) is 71.8 Å². The van der Waals surface area contributed by atoms with Crippen molar-refractivity contribution >= 4 is 215 Å². The summed E-state index contributed by atoms with van der Waals surface area (Å²) >= 11 is 0. The summed E-state index contributed by atoms with van der Waals surface area (Å²) in [6.07, 6.45) is 0. The van der Waals surface area contributed by atoms with Gasteiger partial charge in [0.2, 0.25) is 5.60 Å². The summed E-state index contributed by atoms with van der Waals surface area (Å²) in [5, 5.41) is 83.0. The summed E-state index contributed by atoms with van der Waals surface area (Å²) in [6.45, 7) is 24.4. The molecule has 12 aliphatic rings. The molecule has 87 heavy (non-hydrogen) atoms. The van der Waals surface area contributed by atoms with Gasteiger partial charge < -0.3 is 14.9 Å². The molecule has 21 aromatic carbocycles. The standard InChI is InChI=1S/C76H38O11/c1-65(2,3)80-84-71-57-47-37-27-19-14-13-15-17-16(14)21-29(27)39-41-31(21)32-22(17)30-28-20(15)26-24-18(13)23-25(19)35(37)45-43-33(23)34(24)44-46-36(26)38(28)48-50-40(30)42(32)52-51(41)61(59(71)49(39)47)73(86-82-67(7,8)9)62(52)60(50)72(85-81-66(4,5)6)58(48)56(46)70(78)54(44)53(43)69(77,55(45)57)63-64(70)75(72,87-83-68(10,11)12)76(73)74(63,71)79-76/h77-78H,1-12H3/t69-,70+,71-,72+,73-,74-,75+,76+/m0/s1. The van der Waals surface area contributed by atoms with Crippen LogP contribution in [0.5, 0.6) is 0 Å². The smallest absolute Gasteiger partial charge is 0.205 e. The molecule has 0 aromatic heterocycles. The molecule has 0 unspecified atom stereocenters. The van der Waals surface area contributed by atoms with Gasteiger partial charge in [0, 0.05) is 66.8 Å². The number of epoxide rings is 1. The Balaban J connectivity index is 1.05. The van der Waals surface area contributed by atoms with Crippen molar-refractivity contribution in [3.05, 3.63) is 66.8 Å². The van der Waals surface area contributed by atoms with Crippen molar-refractivity contribution in [3.8, 4) is 0 Å². The summed E-state index contributed by atoms with van der Waals surface area (Å²) < 4.78 is 8.86. The predicted molar refractivity (Wildman–Crippen MR) is 330 cm³/mol. The third-order valence-corrected chi connectivity index (χ3v) is 27.1. The molecule has 1 aliphatic heterocycles. The minimum atomic E-state index is -2.15. The van der Waals surface area contributed by atoms with Crippen molar-refractivity contribution in [2.24, 2.45) is 0 Å². The summed E-state index contributed by atoms with van der Waals surface area (Å²) in [5.41, 5.74) is -9.48. The van der Waals surface area contributed by atoms with Gasteiger partial charge in [0.1, 0.15) is 11.2 Å². The highest BCUT2D eigenvalue weighted by molar-refractivity contribution is 6.77. The Labute approximate surface area is 484 Å². The Morgan fingerprint density at radius 2 is 0.448 bits per heavy atom. The Kier molecular flexibility index (Phi) is 4.19. The lowest BCUT2D eigenvalue weighted by Gasteiger charge is -2.63. The van der Waals surface area contributed by atoms with E-state index in [1.54, 1.807) is 0 Å². The first-order valence-corrected chi connectivity index (χ1v) is 31.7. The van der Waals surface area contributed by atoms with E-state index < -0.39 is 67.2 Å². The van der Waals surface area contributed by atoms with Gasteiger partial charge in [0.15, 0.2) is 28.0 Å². The van der Waals surface area contributed by atoms with Gasteiger partial charge in [-0.1, -0.05) is 0 Å². The molecule has 1 heterocycles. The highest BCUT2D eigenvalue weighted by Gasteiger charge is 3.11. The Morgan fingerprint density at radius 1 is 0.241 bits per heavy atom. The first kappa shape index (κ1) is 40.4. The Bertz CT molecular complexity index is 7420. The van der Waals surface area contributed by atoms with E-state index >= 15 is 10.2 Å². The van der Waals surface area contributed by atoms with E-state index in [9.17, 15) is 0 Å². The number of ether oxygens (including phenoxy) is 1. The van der Waals surface area contributed by atoms with Gasteiger partial charge in [-0.2, -0.15) is 0 Å². The van der Waals surface area contributed by atoms with Crippen LogP contribution < -0.4 is 0 Å². The summed E-state index contributed by atoms with van der Waals surface area (Å²) in [4.78, 5) is 62.4. The zero-order valence-electron chi connectivity index (χ0n) is 48.6. The van der Waals surface area contributed by atoms with E-state index in [1.165, 1.54) is 162 Å². The van der Waals surface area contributed by atoms with E-state index in [0.29, 0.717) is 11.1 Å². The number of rotatable bonds is 8.